The van der Waals surface area contributed by atoms with Crippen molar-refractivity contribution in [1.29, 1.82) is 0 Å². The summed E-state index contributed by atoms with van der Waals surface area (Å²) in [5.41, 5.74) is 0. The van der Waals surface area contributed by atoms with Gasteiger partial charge >= 0.3 is 0 Å². The molecule has 0 aliphatic heterocycles. The molecular formula is C12H20. The molecule has 0 rings (SSSR count). The van der Waals surface area contributed by atoms with Gasteiger partial charge in [-0.2, -0.15) is 0 Å². The molecule has 0 aromatic heterocycles. The fraction of sp³-hybridized carbons (Fsp3) is 0.667. The van der Waals surface area contributed by atoms with Crippen molar-refractivity contribution in [1.82, 2.24) is 0 Å². The zero-order valence-corrected chi connectivity index (χ0v) is 8.56. The van der Waals surface area contributed by atoms with Crippen molar-refractivity contribution in [2.75, 3.05) is 0 Å². The van der Waals surface area contributed by atoms with E-state index in [0.29, 0.717) is 0 Å². The first kappa shape index (κ1) is 11.3. The Labute approximate surface area is 77.1 Å². The summed E-state index contributed by atoms with van der Waals surface area (Å²) in [5.74, 6) is 6.93. The maximum Gasteiger partial charge on any atom is 0.00896 e. The van der Waals surface area contributed by atoms with Crippen LogP contribution in [0.4, 0.5) is 0 Å². The van der Waals surface area contributed by atoms with E-state index < -0.39 is 0 Å². The topological polar surface area (TPSA) is 0 Å². The second-order valence-corrected chi connectivity index (χ2v) is 3.22. The van der Waals surface area contributed by atoms with Gasteiger partial charge in [0.15, 0.2) is 0 Å². The first-order valence-electron chi connectivity index (χ1n) is 4.94. The van der Waals surface area contributed by atoms with Crippen LogP contribution in [0.3, 0.4) is 0 Å². The Kier molecular flexibility index (Phi) is 7.91. The summed E-state index contributed by atoms with van der Waals surface area (Å²) < 4.78 is 0. The number of hydrogen-bond acceptors (Lipinski definition) is 0. The van der Waals surface area contributed by atoms with E-state index in [0.717, 1.165) is 25.2 Å². The van der Waals surface area contributed by atoms with Crippen LogP contribution in [-0.2, 0) is 0 Å². The van der Waals surface area contributed by atoms with E-state index in [1.165, 1.54) is 6.42 Å². The molecule has 0 aromatic rings. The maximum absolute atomic E-state index is 3.09. The van der Waals surface area contributed by atoms with Gasteiger partial charge in [-0.25, -0.2) is 0 Å². The Bertz CT molecular complexity index is 166. The molecule has 1 atom stereocenters. The average molecular weight is 164 g/mol. The van der Waals surface area contributed by atoms with E-state index in [1.54, 1.807) is 0 Å². The predicted molar refractivity (Wildman–Crippen MR) is 55.9 cm³/mol. The minimum Gasteiger partial charge on any atom is -0.0985 e. The monoisotopic (exact) mass is 164 g/mol. The van der Waals surface area contributed by atoms with E-state index in [1.807, 2.05) is 6.08 Å². The maximum atomic E-state index is 3.09. The molecule has 68 valence electrons. The molecule has 0 N–H and O–H groups in total. The number of hydrogen-bond donors (Lipinski definition) is 0. The minimum absolute atomic E-state index is 0.800. The molecule has 0 amide bonds. The van der Waals surface area contributed by atoms with E-state index in [-0.39, 0.29) is 0 Å². The van der Waals surface area contributed by atoms with Crippen LogP contribution in [0.25, 0.3) is 0 Å². The van der Waals surface area contributed by atoms with E-state index >= 15 is 0 Å². The third kappa shape index (κ3) is 7.41. The summed E-state index contributed by atoms with van der Waals surface area (Å²) in [5, 5.41) is 0. The van der Waals surface area contributed by atoms with Gasteiger partial charge in [0.05, 0.1) is 0 Å². The van der Waals surface area contributed by atoms with Crippen molar-refractivity contribution in [3.63, 3.8) is 0 Å². The normalized spacial score (nSPS) is 12.6. The van der Waals surface area contributed by atoms with Gasteiger partial charge in [-0.3, -0.25) is 0 Å². The standard InChI is InChI=1S/C12H20/c1-4-6-7-8-9-10-11-12(3)5-2/h9-10,12H,4-6,11H2,1-3H3. The molecule has 0 fully saturated rings. The summed E-state index contributed by atoms with van der Waals surface area (Å²) >= 11 is 0. The lowest BCUT2D eigenvalue weighted by Crippen LogP contribution is -1.87. The Morgan fingerprint density at radius 3 is 2.67 bits per heavy atom. The molecule has 1 unspecified atom stereocenters. The van der Waals surface area contributed by atoms with Crippen LogP contribution in [0.15, 0.2) is 12.2 Å². The number of rotatable bonds is 4. The Morgan fingerprint density at radius 2 is 2.08 bits per heavy atom. The van der Waals surface area contributed by atoms with Crippen LogP contribution in [-0.4, -0.2) is 0 Å². The van der Waals surface area contributed by atoms with Gasteiger partial charge in [0, 0.05) is 6.42 Å². The van der Waals surface area contributed by atoms with Gasteiger partial charge in [-0.15, -0.1) is 0 Å². The first-order chi connectivity index (χ1) is 5.81. The van der Waals surface area contributed by atoms with Crippen molar-refractivity contribution < 1.29 is 0 Å². The molecule has 0 aliphatic carbocycles. The highest BCUT2D eigenvalue weighted by atomic mass is 14.0. The lowest BCUT2D eigenvalue weighted by Gasteiger charge is -2.00. The molecule has 0 heteroatoms. The van der Waals surface area contributed by atoms with Gasteiger partial charge in [-0.05, 0) is 24.8 Å². The van der Waals surface area contributed by atoms with Gasteiger partial charge in [0.1, 0.15) is 0 Å². The SMILES string of the molecule is CCCC#CC=CCC(C)CC. The van der Waals surface area contributed by atoms with Crippen molar-refractivity contribution in [3.05, 3.63) is 12.2 Å². The molecule has 12 heavy (non-hydrogen) atoms. The Morgan fingerprint density at radius 1 is 1.33 bits per heavy atom. The fourth-order valence-corrected chi connectivity index (χ4v) is 0.782. The highest BCUT2D eigenvalue weighted by Crippen LogP contribution is 2.05. The Balaban J connectivity index is 3.44. The summed E-state index contributed by atoms with van der Waals surface area (Å²) in [6.45, 7) is 6.64. The highest BCUT2D eigenvalue weighted by Gasteiger charge is 1.91. The van der Waals surface area contributed by atoms with E-state index in [9.17, 15) is 0 Å². The third-order valence-electron chi connectivity index (χ3n) is 1.91. The number of unbranched alkanes of at least 4 members (excludes halogenated alkanes) is 1. The Hall–Kier alpha value is -0.700. The summed E-state index contributed by atoms with van der Waals surface area (Å²) in [4.78, 5) is 0. The van der Waals surface area contributed by atoms with E-state index in [4.69, 9.17) is 0 Å². The van der Waals surface area contributed by atoms with Gasteiger partial charge in [0.2, 0.25) is 0 Å². The third-order valence-corrected chi connectivity index (χ3v) is 1.91. The summed E-state index contributed by atoms with van der Waals surface area (Å²) in [6, 6.07) is 0. The summed E-state index contributed by atoms with van der Waals surface area (Å²) in [7, 11) is 0. The molecule has 0 saturated carbocycles. The van der Waals surface area contributed by atoms with Gasteiger partial charge in [-0.1, -0.05) is 45.1 Å². The molecule has 0 saturated heterocycles. The lowest BCUT2D eigenvalue weighted by molar-refractivity contribution is 0.572. The quantitative estimate of drug-likeness (QED) is 0.555. The lowest BCUT2D eigenvalue weighted by atomic mass is 10.1. The minimum atomic E-state index is 0.800. The predicted octanol–water partition coefficient (Wildman–Crippen LogP) is 3.78. The van der Waals surface area contributed by atoms with Crippen LogP contribution in [0, 0.1) is 17.8 Å². The number of allylic oxidation sites excluding steroid dienone is 2. The van der Waals surface area contributed by atoms with Gasteiger partial charge < -0.3 is 0 Å². The molecular weight excluding hydrogens is 144 g/mol. The molecule has 0 radical (unpaired) electrons. The second-order valence-electron chi connectivity index (χ2n) is 3.22. The molecule has 0 nitrogen and oxygen atoms in total. The van der Waals surface area contributed by atoms with Crippen molar-refractivity contribution >= 4 is 0 Å². The first-order valence-corrected chi connectivity index (χ1v) is 4.94. The molecule has 0 aromatic carbocycles. The molecule has 0 spiro atoms. The largest absolute Gasteiger partial charge is 0.0985 e. The zero-order chi connectivity index (χ0) is 9.23. The van der Waals surface area contributed by atoms with Crippen LogP contribution in [0.5, 0.6) is 0 Å². The van der Waals surface area contributed by atoms with E-state index in [2.05, 4.69) is 38.7 Å². The van der Waals surface area contributed by atoms with Crippen molar-refractivity contribution in [2.24, 2.45) is 5.92 Å². The molecule has 0 aliphatic rings. The smallest absolute Gasteiger partial charge is 0.00896 e. The summed E-state index contributed by atoms with van der Waals surface area (Å²) in [6.07, 6.45) is 8.77. The van der Waals surface area contributed by atoms with Crippen LogP contribution in [0.1, 0.15) is 46.5 Å². The zero-order valence-electron chi connectivity index (χ0n) is 8.56. The van der Waals surface area contributed by atoms with Crippen molar-refractivity contribution in [3.8, 4) is 11.8 Å². The molecule has 0 bridgehead atoms. The fourth-order valence-electron chi connectivity index (χ4n) is 0.782. The van der Waals surface area contributed by atoms with Crippen LogP contribution >= 0.6 is 0 Å². The average Bonchev–Trinajstić information content (AvgIpc) is 2.10. The van der Waals surface area contributed by atoms with Gasteiger partial charge in [0.25, 0.3) is 0 Å². The highest BCUT2D eigenvalue weighted by molar-refractivity contribution is 5.15. The molecule has 0 heterocycles. The van der Waals surface area contributed by atoms with Crippen LogP contribution in [0.2, 0.25) is 0 Å². The van der Waals surface area contributed by atoms with Crippen LogP contribution < -0.4 is 0 Å². The van der Waals surface area contributed by atoms with Crippen molar-refractivity contribution in [2.45, 2.75) is 46.5 Å². The second kappa shape index (κ2) is 8.40.